The van der Waals surface area contributed by atoms with Gasteiger partial charge in [-0.1, -0.05) is 6.07 Å². The van der Waals surface area contributed by atoms with E-state index in [1.165, 1.54) is 0 Å². The van der Waals surface area contributed by atoms with Crippen LogP contribution in [0.25, 0.3) is 0 Å². The second-order valence-electron chi connectivity index (χ2n) is 4.73. The fraction of sp³-hybridized carbons (Fsp3) is 0.286. The Hall–Kier alpha value is -2.50. The molecule has 2 N–H and O–H groups in total. The van der Waals surface area contributed by atoms with Crippen LogP contribution < -0.4 is 15.5 Å². The molecule has 2 aromatic rings. The summed E-state index contributed by atoms with van der Waals surface area (Å²) in [5, 5.41) is 10.3. The Bertz CT molecular complexity index is 622. The topological polar surface area (TPSA) is 62.2 Å². The molecule has 104 valence electrons. The summed E-state index contributed by atoms with van der Waals surface area (Å²) in [7, 11) is 1.92. The number of aromatic nitrogens is 2. The minimum Gasteiger partial charge on any atom is -0.379 e. The molecule has 1 aromatic carbocycles. The van der Waals surface area contributed by atoms with Crippen LogP contribution in [-0.2, 0) is 13.6 Å². The fourth-order valence-corrected chi connectivity index (χ4v) is 2.27. The molecule has 0 aliphatic carbocycles. The summed E-state index contributed by atoms with van der Waals surface area (Å²) in [6.07, 6.45) is 1.78. The van der Waals surface area contributed by atoms with E-state index in [0.29, 0.717) is 19.6 Å². The third kappa shape index (κ3) is 2.45. The monoisotopic (exact) mass is 271 g/mol. The van der Waals surface area contributed by atoms with Crippen molar-refractivity contribution in [3.05, 3.63) is 42.2 Å². The molecular formula is C14H17N5O. The van der Waals surface area contributed by atoms with Gasteiger partial charge in [-0.25, -0.2) is 4.79 Å². The summed E-state index contributed by atoms with van der Waals surface area (Å²) in [5.74, 6) is 0. The molecule has 6 heteroatoms. The van der Waals surface area contributed by atoms with Gasteiger partial charge in [-0.3, -0.25) is 9.58 Å². The number of nitrogens with zero attached hydrogens (tertiary/aromatic N) is 3. The highest BCUT2D eigenvalue weighted by Crippen LogP contribution is 2.21. The van der Waals surface area contributed by atoms with E-state index in [4.69, 9.17) is 0 Å². The van der Waals surface area contributed by atoms with Gasteiger partial charge in [0.1, 0.15) is 0 Å². The number of nitrogens with one attached hydrogen (secondary N) is 2. The van der Waals surface area contributed by atoms with Gasteiger partial charge in [-0.05, 0) is 24.3 Å². The molecule has 20 heavy (non-hydrogen) atoms. The minimum atomic E-state index is -0.0335. The van der Waals surface area contributed by atoms with Crippen LogP contribution in [0.1, 0.15) is 5.69 Å². The number of carbonyl (C=O) groups is 1. The Morgan fingerprint density at radius 2 is 2.30 bits per heavy atom. The SMILES string of the molecule is Cn1nccc1CNc1cccc(N2CCNC2=O)c1. The molecule has 0 spiro atoms. The third-order valence-electron chi connectivity index (χ3n) is 3.41. The van der Waals surface area contributed by atoms with Crippen LogP contribution in [0.2, 0.25) is 0 Å². The van der Waals surface area contributed by atoms with Crippen molar-refractivity contribution in [1.29, 1.82) is 0 Å². The van der Waals surface area contributed by atoms with Gasteiger partial charge in [0, 0.05) is 37.7 Å². The number of benzene rings is 1. The van der Waals surface area contributed by atoms with E-state index in [-0.39, 0.29) is 6.03 Å². The molecule has 3 rings (SSSR count). The number of hydrogen-bond acceptors (Lipinski definition) is 3. The van der Waals surface area contributed by atoms with Crippen LogP contribution in [0.4, 0.5) is 16.2 Å². The average molecular weight is 271 g/mol. The highest BCUT2D eigenvalue weighted by Gasteiger charge is 2.20. The van der Waals surface area contributed by atoms with E-state index >= 15 is 0 Å². The van der Waals surface area contributed by atoms with Gasteiger partial charge in [0.05, 0.1) is 12.2 Å². The van der Waals surface area contributed by atoms with E-state index in [0.717, 1.165) is 17.1 Å². The number of urea groups is 1. The maximum absolute atomic E-state index is 11.7. The van der Waals surface area contributed by atoms with Gasteiger partial charge in [-0.2, -0.15) is 5.10 Å². The van der Waals surface area contributed by atoms with Crippen molar-refractivity contribution in [2.45, 2.75) is 6.54 Å². The quantitative estimate of drug-likeness (QED) is 0.887. The largest absolute Gasteiger partial charge is 0.379 e. The van der Waals surface area contributed by atoms with Crippen LogP contribution in [0.5, 0.6) is 0 Å². The molecule has 0 unspecified atom stereocenters. The van der Waals surface area contributed by atoms with Crippen molar-refractivity contribution >= 4 is 17.4 Å². The standard InChI is InChI=1S/C14H17N5O/c1-18-13(5-6-17-18)10-16-11-3-2-4-12(9-11)19-8-7-15-14(19)20/h2-6,9,16H,7-8,10H2,1H3,(H,15,20). The molecule has 1 aliphatic heterocycles. The van der Waals surface area contributed by atoms with Gasteiger partial charge in [0.25, 0.3) is 0 Å². The van der Waals surface area contributed by atoms with E-state index in [1.807, 2.05) is 42.1 Å². The zero-order valence-electron chi connectivity index (χ0n) is 11.3. The Labute approximate surface area is 117 Å². The van der Waals surface area contributed by atoms with Crippen molar-refractivity contribution < 1.29 is 4.79 Å². The molecule has 0 atom stereocenters. The third-order valence-corrected chi connectivity index (χ3v) is 3.41. The van der Waals surface area contributed by atoms with Gasteiger partial charge < -0.3 is 10.6 Å². The first-order valence-electron chi connectivity index (χ1n) is 6.60. The van der Waals surface area contributed by atoms with Crippen molar-refractivity contribution in [1.82, 2.24) is 15.1 Å². The molecule has 1 saturated heterocycles. The zero-order valence-corrected chi connectivity index (χ0v) is 11.3. The van der Waals surface area contributed by atoms with Gasteiger partial charge >= 0.3 is 6.03 Å². The summed E-state index contributed by atoms with van der Waals surface area (Å²) in [6.45, 7) is 2.11. The van der Waals surface area contributed by atoms with Crippen molar-refractivity contribution in [2.75, 3.05) is 23.3 Å². The molecule has 1 aliphatic rings. The number of amides is 2. The van der Waals surface area contributed by atoms with E-state index < -0.39 is 0 Å². The van der Waals surface area contributed by atoms with Crippen LogP contribution in [0.15, 0.2) is 36.5 Å². The van der Waals surface area contributed by atoms with E-state index in [9.17, 15) is 4.79 Å². The maximum atomic E-state index is 11.7. The van der Waals surface area contributed by atoms with Crippen LogP contribution in [0, 0.1) is 0 Å². The summed E-state index contributed by atoms with van der Waals surface area (Å²) in [6, 6.07) is 9.82. The number of rotatable bonds is 4. The normalized spacial score (nSPS) is 14.4. The Morgan fingerprint density at radius 3 is 3.00 bits per heavy atom. The number of anilines is 2. The summed E-state index contributed by atoms with van der Waals surface area (Å²) in [4.78, 5) is 13.4. The molecule has 1 aromatic heterocycles. The highest BCUT2D eigenvalue weighted by atomic mass is 16.2. The number of carbonyl (C=O) groups excluding carboxylic acids is 1. The lowest BCUT2D eigenvalue weighted by Gasteiger charge is -2.15. The van der Waals surface area contributed by atoms with E-state index in [2.05, 4.69) is 15.7 Å². The van der Waals surface area contributed by atoms with Gasteiger partial charge in [-0.15, -0.1) is 0 Å². The molecule has 0 radical (unpaired) electrons. The van der Waals surface area contributed by atoms with E-state index in [1.54, 1.807) is 11.1 Å². The van der Waals surface area contributed by atoms with Gasteiger partial charge in [0.15, 0.2) is 0 Å². The first-order chi connectivity index (χ1) is 9.74. The zero-order chi connectivity index (χ0) is 13.9. The summed E-state index contributed by atoms with van der Waals surface area (Å²) < 4.78 is 1.84. The molecule has 6 nitrogen and oxygen atoms in total. The van der Waals surface area contributed by atoms with Crippen molar-refractivity contribution in [3.8, 4) is 0 Å². The molecular weight excluding hydrogens is 254 g/mol. The smallest absolute Gasteiger partial charge is 0.321 e. The Kier molecular flexibility index (Phi) is 3.28. The average Bonchev–Trinajstić information content (AvgIpc) is 3.05. The molecule has 2 amide bonds. The van der Waals surface area contributed by atoms with Crippen LogP contribution in [-0.4, -0.2) is 28.9 Å². The molecule has 1 fully saturated rings. The lowest BCUT2D eigenvalue weighted by atomic mass is 10.2. The van der Waals surface area contributed by atoms with Crippen molar-refractivity contribution in [2.24, 2.45) is 7.05 Å². The predicted octanol–water partition coefficient (Wildman–Crippen LogP) is 1.56. The number of aryl methyl sites for hydroxylation is 1. The lowest BCUT2D eigenvalue weighted by Crippen LogP contribution is -2.27. The summed E-state index contributed by atoms with van der Waals surface area (Å²) in [5.41, 5.74) is 3.01. The summed E-state index contributed by atoms with van der Waals surface area (Å²) >= 11 is 0. The Morgan fingerprint density at radius 1 is 1.40 bits per heavy atom. The first-order valence-corrected chi connectivity index (χ1v) is 6.60. The van der Waals surface area contributed by atoms with Crippen LogP contribution >= 0.6 is 0 Å². The predicted molar refractivity (Wildman–Crippen MR) is 77.7 cm³/mol. The first kappa shape index (κ1) is 12.5. The fourth-order valence-electron chi connectivity index (χ4n) is 2.27. The molecule has 0 bridgehead atoms. The highest BCUT2D eigenvalue weighted by molar-refractivity contribution is 5.94. The van der Waals surface area contributed by atoms with Crippen LogP contribution in [0.3, 0.4) is 0 Å². The molecule has 2 heterocycles. The second-order valence-corrected chi connectivity index (χ2v) is 4.73. The minimum absolute atomic E-state index is 0.0335. The lowest BCUT2D eigenvalue weighted by molar-refractivity contribution is 0.252. The second kappa shape index (κ2) is 5.24. The maximum Gasteiger partial charge on any atom is 0.321 e. The number of hydrogen-bond donors (Lipinski definition) is 2. The van der Waals surface area contributed by atoms with Crippen molar-refractivity contribution in [3.63, 3.8) is 0 Å². The Balaban J connectivity index is 1.71. The molecule has 0 saturated carbocycles. The van der Waals surface area contributed by atoms with Gasteiger partial charge in [0.2, 0.25) is 0 Å².